The van der Waals surface area contributed by atoms with Crippen LogP contribution in [0.5, 0.6) is 0 Å². The lowest BCUT2D eigenvalue weighted by molar-refractivity contribution is 0.124. The van der Waals surface area contributed by atoms with Crippen LogP contribution in [-0.2, 0) is 0 Å². The van der Waals surface area contributed by atoms with Gasteiger partial charge in [-0.25, -0.2) is 0 Å². The molecule has 3 unspecified atom stereocenters. The molecule has 3 fully saturated rings. The summed E-state index contributed by atoms with van der Waals surface area (Å²) in [6.07, 6.45) is 5.64. The average molecular weight is 288 g/mol. The quantitative estimate of drug-likeness (QED) is 0.856. The monoisotopic (exact) mass is 287 g/mol. The second-order valence-corrected chi connectivity index (χ2v) is 6.98. The first-order valence-electron chi connectivity index (χ1n) is 7.89. The lowest BCUT2D eigenvalue weighted by atomic mass is 9.88. The molecule has 3 rings (SSSR count). The van der Waals surface area contributed by atoms with E-state index in [-0.39, 0.29) is 12.4 Å². The van der Waals surface area contributed by atoms with Gasteiger partial charge >= 0.3 is 0 Å². The number of fused-ring (bicyclic) bond motifs is 2. The van der Waals surface area contributed by atoms with E-state index in [2.05, 4.69) is 29.0 Å². The summed E-state index contributed by atoms with van der Waals surface area (Å²) in [5.74, 6) is 0. The van der Waals surface area contributed by atoms with Crippen molar-refractivity contribution in [2.24, 2.45) is 5.41 Å². The molecule has 0 aliphatic carbocycles. The summed E-state index contributed by atoms with van der Waals surface area (Å²) < 4.78 is 0. The zero-order valence-corrected chi connectivity index (χ0v) is 13.3. The number of likely N-dealkylation sites (N-methyl/N-ethyl adjacent to an activating group) is 1. The van der Waals surface area contributed by atoms with Crippen LogP contribution < -0.4 is 5.32 Å². The molecule has 0 aromatic heterocycles. The highest BCUT2D eigenvalue weighted by Gasteiger charge is 2.41. The number of rotatable bonds is 3. The van der Waals surface area contributed by atoms with Crippen LogP contribution in [0, 0.1) is 5.41 Å². The smallest absolute Gasteiger partial charge is 0.0226 e. The van der Waals surface area contributed by atoms with Gasteiger partial charge in [-0.05, 0) is 50.7 Å². The summed E-state index contributed by atoms with van der Waals surface area (Å²) in [7, 11) is 0. The Bertz CT molecular complexity index is 291. The molecular weight excluding hydrogens is 258 g/mol. The third-order valence-corrected chi connectivity index (χ3v) is 5.49. The van der Waals surface area contributed by atoms with Crippen molar-refractivity contribution < 1.29 is 0 Å². The van der Waals surface area contributed by atoms with Gasteiger partial charge in [-0.3, -0.25) is 4.90 Å². The van der Waals surface area contributed by atoms with E-state index in [9.17, 15) is 0 Å². The Kier molecular flexibility index (Phi) is 5.15. The Labute approximate surface area is 124 Å². The summed E-state index contributed by atoms with van der Waals surface area (Å²) in [6, 6.07) is 1.72. The van der Waals surface area contributed by atoms with E-state index < -0.39 is 0 Å². The fourth-order valence-electron chi connectivity index (χ4n) is 4.23. The predicted octanol–water partition coefficient (Wildman–Crippen LogP) is 1.97. The minimum Gasteiger partial charge on any atom is -0.316 e. The summed E-state index contributed by atoms with van der Waals surface area (Å²) in [5, 5.41) is 3.55. The molecule has 0 saturated carbocycles. The third-order valence-electron chi connectivity index (χ3n) is 5.49. The molecule has 1 N–H and O–H groups in total. The molecule has 0 spiro atoms. The summed E-state index contributed by atoms with van der Waals surface area (Å²) >= 11 is 0. The Hall–Kier alpha value is 0.170. The molecule has 3 aliphatic heterocycles. The average Bonchev–Trinajstić information content (AvgIpc) is 2.85. The molecule has 112 valence electrons. The van der Waals surface area contributed by atoms with Crippen LogP contribution in [0.4, 0.5) is 0 Å². The Morgan fingerprint density at radius 2 is 2.00 bits per heavy atom. The van der Waals surface area contributed by atoms with E-state index in [1.54, 1.807) is 0 Å². The zero-order valence-electron chi connectivity index (χ0n) is 12.5. The van der Waals surface area contributed by atoms with Gasteiger partial charge in [0, 0.05) is 31.7 Å². The second-order valence-electron chi connectivity index (χ2n) is 6.98. The molecular formula is C15H30ClN3. The number of nitrogens with zero attached hydrogens (tertiary/aromatic N) is 2. The summed E-state index contributed by atoms with van der Waals surface area (Å²) in [4.78, 5) is 5.54. The van der Waals surface area contributed by atoms with Crippen LogP contribution in [0.3, 0.4) is 0 Å². The highest BCUT2D eigenvalue weighted by Crippen LogP contribution is 2.35. The molecule has 0 radical (unpaired) electrons. The zero-order chi connectivity index (χ0) is 12.6. The highest BCUT2D eigenvalue weighted by atomic mass is 35.5. The molecule has 0 amide bonds. The molecule has 19 heavy (non-hydrogen) atoms. The maximum atomic E-state index is 3.55. The first-order chi connectivity index (χ1) is 8.70. The summed E-state index contributed by atoms with van der Waals surface area (Å²) in [5.41, 5.74) is 0.530. The van der Waals surface area contributed by atoms with E-state index in [0.717, 1.165) is 12.1 Å². The fourth-order valence-corrected chi connectivity index (χ4v) is 4.23. The first kappa shape index (κ1) is 15.6. The molecule has 2 bridgehead atoms. The van der Waals surface area contributed by atoms with Gasteiger partial charge in [-0.2, -0.15) is 0 Å². The van der Waals surface area contributed by atoms with Crippen molar-refractivity contribution in [3.63, 3.8) is 0 Å². The van der Waals surface area contributed by atoms with Gasteiger partial charge in [-0.1, -0.05) is 13.8 Å². The van der Waals surface area contributed by atoms with E-state index >= 15 is 0 Å². The van der Waals surface area contributed by atoms with Crippen molar-refractivity contribution >= 4 is 12.4 Å². The van der Waals surface area contributed by atoms with Crippen molar-refractivity contribution in [2.75, 3.05) is 39.3 Å². The Morgan fingerprint density at radius 1 is 1.21 bits per heavy atom. The van der Waals surface area contributed by atoms with E-state index in [1.165, 1.54) is 65.0 Å². The van der Waals surface area contributed by atoms with Crippen LogP contribution in [0.25, 0.3) is 0 Å². The number of nitrogens with one attached hydrogen (secondary N) is 1. The van der Waals surface area contributed by atoms with Crippen LogP contribution in [0.15, 0.2) is 0 Å². The number of hydrogen-bond acceptors (Lipinski definition) is 3. The van der Waals surface area contributed by atoms with Crippen molar-refractivity contribution in [2.45, 2.75) is 51.6 Å². The van der Waals surface area contributed by atoms with Crippen LogP contribution >= 0.6 is 12.4 Å². The largest absolute Gasteiger partial charge is 0.316 e. The van der Waals surface area contributed by atoms with E-state index in [0.29, 0.717) is 5.41 Å². The molecule has 3 heterocycles. The van der Waals surface area contributed by atoms with Gasteiger partial charge in [0.25, 0.3) is 0 Å². The van der Waals surface area contributed by atoms with Gasteiger partial charge in [0.2, 0.25) is 0 Å². The third kappa shape index (κ3) is 3.26. The van der Waals surface area contributed by atoms with Gasteiger partial charge in [0.05, 0.1) is 0 Å². The molecule has 3 aliphatic rings. The second kappa shape index (κ2) is 6.30. The summed E-state index contributed by atoms with van der Waals surface area (Å²) in [6.45, 7) is 12.4. The SMILES string of the molecule is CCN1CCC2CCC(C1)N2CC1(C)CCNC1.Cl. The van der Waals surface area contributed by atoms with Crippen LogP contribution in [0.2, 0.25) is 0 Å². The van der Waals surface area contributed by atoms with Crippen molar-refractivity contribution in [3.8, 4) is 0 Å². The molecule has 3 atom stereocenters. The molecule has 4 heteroatoms. The number of halogens is 1. The molecule has 0 aromatic carbocycles. The van der Waals surface area contributed by atoms with Crippen LogP contribution in [-0.4, -0.2) is 61.2 Å². The fraction of sp³-hybridized carbons (Fsp3) is 1.00. The molecule has 3 nitrogen and oxygen atoms in total. The van der Waals surface area contributed by atoms with Crippen molar-refractivity contribution in [1.82, 2.24) is 15.1 Å². The maximum absolute atomic E-state index is 3.55. The number of likely N-dealkylation sites (tertiary alicyclic amines) is 1. The van der Waals surface area contributed by atoms with Crippen LogP contribution in [0.1, 0.15) is 39.5 Å². The Balaban J connectivity index is 0.00000133. The minimum absolute atomic E-state index is 0. The van der Waals surface area contributed by atoms with E-state index in [4.69, 9.17) is 0 Å². The van der Waals surface area contributed by atoms with Crippen molar-refractivity contribution in [1.29, 1.82) is 0 Å². The minimum atomic E-state index is 0. The molecule has 3 saturated heterocycles. The van der Waals surface area contributed by atoms with Gasteiger partial charge in [-0.15, -0.1) is 12.4 Å². The van der Waals surface area contributed by atoms with Gasteiger partial charge < -0.3 is 10.2 Å². The first-order valence-corrected chi connectivity index (χ1v) is 7.89. The van der Waals surface area contributed by atoms with E-state index in [1.807, 2.05) is 0 Å². The lowest BCUT2D eigenvalue weighted by Crippen LogP contribution is -2.45. The normalized spacial score (nSPS) is 40.1. The maximum Gasteiger partial charge on any atom is 0.0226 e. The predicted molar refractivity (Wildman–Crippen MR) is 83.1 cm³/mol. The van der Waals surface area contributed by atoms with Gasteiger partial charge in [0.1, 0.15) is 0 Å². The Morgan fingerprint density at radius 3 is 2.68 bits per heavy atom. The number of hydrogen-bond donors (Lipinski definition) is 1. The van der Waals surface area contributed by atoms with Gasteiger partial charge in [0.15, 0.2) is 0 Å². The topological polar surface area (TPSA) is 18.5 Å². The standard InChI is InChI=1S/C15H29N3.ClH/c1-3-17-9-6-13-4-5-14(10-17)18(13)12-15(2)7-8-16-11-15;/h13-14,16H,3-12H2,1-2H3;1H. The van der Waals surface area contributed by atoms with Crippen molar-refractivity contribution in [3.05, 3.63) is 0 Å². The molecule has 0 aromatic rings. The highest BCUT2D eigenvalue weighted by molar-refractivity contribution is 5.85. The lowest BCUT2D eigenvalue weighted by Gasteiger charge is -2.35.